The highest BCUT2D eigenvalue weighted by Gasteiger charge is 2.27. The fourth-order valence-corrected chi connectivity index (χ4v) is 4.14. The number of aromatic nitrogens is 1. The highest BCUT2D eigenvalue weighted by molar-refractivity contribution is 7.89. The third kappa shape index (κ3) is 3.26. The van der Waals surface area contributed by atoms with Gasteiger partial charge in [-0.25, -0.2) is 13.4 Å². The summed E-state index contributed by atoms with van der Waals surface area (Å²) in [6, 6.07) is 14.0. The van der Waals surface area contributed by atoms with Gasteiger partial charge in [-0.1, -0.05) is 24.6 Å². The van der Waals surface area contributed by atoms with Gasteiger partial charge in [0.1, 0.15) is 0 Å². The first-order valence-corrected chi connectivity index (χ1v) is 9.03. The van der Waals surface area contributed by atoms with Gasteiger partial charge in [0.2, 0.25) is 0 Å². The van der Waals surface area contributed by atoms with Gasteiger partial charge in [0, 0.05) is 18.7 Å². The largest absolute Gasteiger partial charge is 0.260 e. The Labute approximate surface area is 136 Å². The van der Waals surface area contributed by atoms with Gasteiger partial charge in [-0.3, -0.25) is 0 Å². The molecule has 0 saturated carbocycles. The van der Waals surface area contributed by atoms with Crippen molar-refractivity contribution in [2.75, 3.05) is 13.1 Å². The third-order valence-electron chi connectivity index (χ3n) is 3.95. The second kappa shape index (κ2) is 6.49. The first kappa shape index (κ1) is 15.7. The second-order valence-electron chi connectivity index (χ2n) is 5.51. The molecule has 118 valence electrons. The number of hydrogen-bond acceptors (Lipinski definition) is 4. The molecule has 3 rings (SSSR count). The fourth-order valence-electron chi connectivity index (χ4n) is 2.67. The average molecular weight is 327 g/mol. The lowest BCUT2D eigenvalue weighted by atomic mass is 10.1. The van der Waals surface area contributed by atoms with Crippen LogP contribution in [0.25, 0.3) is 11.3 Å². The van der Waals surface area contributed by atoms with Gasteiger partial charge in [-0.05, 0) is 37.1 Å². The van der Waals surface area contributed by atoms with E-state index >= 15 is 0 Å². The lowest BCUT2D eigenvalue weighted by Gasteiger charge is -2.25. The summed E-state index contributed by atoms with van der Waals surface area (Å²) in [7, 11) is -3.54. The first-order valence-electron chi connectivity index (χ1n) is 7.59. The number of pyridine rings is 1. The Morgan fingerprint density at radius 1 is 1.00 bits per heavy atom. The quantitative estimate of drug-likeness (QED) is 0.869. The molecule has 2 aromatic rings. The summed E-state index contributed by atoms with van der Waals surface area (Å²) >= 11 is 0. The third-order valence-corrected chi connectivity index (χ3v) is 5.75. The Hall–Kier alpha value is -2.23. The zero-order valence-corrected chi connectivity index (χ0v) is 13.5. The molecular weight excluding hydrogens is 310 g/mol. The minimum Gasteiger partial charge on any atom is -0.235 e. The fraction of sp³-hybridized carbons (Fsp3) is 0.294. The molecule has 6 heteroatoms. The van der Waals surface area contributed by atoms with Crippen LogP contribution in [-0.4, -0.2) is 30.8 Å². The lowest BCUT2D eigenvalue weighted by Crippen LogP contribution is -2.36. The van der Waals surface area contributed by atoms with E-state index in [1.54, 1.807) is 36.4 Å². The van der Waals surface area contributed by atoms with E-state index in [4.69, 9.17) is 5.26 Å². The van der Waals surface area contributed by atoms with Gasteiger partial charge in [0.15, 0.2) is 5.03 Å². The average Bonchev–Trinajstić information content (AvgIpc) is 2.62. The molecule has 0 spiro atoms. The number of nitriles is 1. The van der Waals surface area contributed by atoms with Crippen LogP contribution in [-0.2, 0) is 10.0 Å². The predicted molar refractivity (Wildman–Crippen MR) is 87.0 cm³/mol. The van der Waals surface area contributed by atoms with Crippen LogP contribution < -0.4 is 0 Å². The van der Waals surface area contributed by atoms with Crippen LogP contribution in [0.4, 0.5) is 0 Å². The normalized spacial score (nSPS) is 16.0. The Bertz CT molecular complexity index is 833. The van der Waals surface area contributed by atoms with Crippen LogP contribution in [0, 0.1) is 11.3 Å². The molecule has 5 nitrogen and oxygen atoms in total. The van der Waals surface area contributed by atoms with Gasteiger partial charge in [-0.2, -0.15) is 9.57 Å². The van der Waals surface area contributed by atoms with Crippen molar-refractivity contribution in [3.05, 3.63) is 48.0 Å². The van der Waals surface area contributed by atoms with Crippen molar-refractivity contribution in [1.82, 2.24) is 9.29 Å². The molecule has 23 heavy (non-hydrogen) atoms. The molecule has 1 aliphatic rings. The Balaban J connectivity index is 1.94. The standard InChI is InChI=1S/C17H17N3O2S/c18-13-14-7-9-15(10-8-14)16-5-4-6-17(19-16)23(21,22)20-11-2-1-3-12-20/h4-10H,1-3,11-12H2. The van der Waals surface area contributed by atoms with E-state index < -0.39 is 10.0 Å². The van der Waals surface area contributed by atoms with Gasteiger partial charge in [0.25, 0.3) is 10.0 Å². The summed E-state index contributed by atoms with van der Waals surface area (Å²) in [6.45, 7) is 1.12. The van der Waals surface area contributed by atoms with Crippen molar-refractivity contribution in [3.8, 4) is 17.3 Å². The number of hydrogen-bond donors (Lipinski definition) is 0. The van der Waals surface area contributed by atoms with E-state index in [0.29, 0.717) is 24.3 Å². The Kier molecular flexibility index (Phi) is 4.42. The summed E-state index contributed by atoms with van der Waals surface area (Å²) in [6.07, 6.45) is 2.87. The number of sulfonamides is 1. The SMILES string of the molecule is N#Cc1ccc(-c2cccc(S(=O)(=O)N3CCCCC3)n2)cc1. The maximum atomic E-state index is 12.7. The second-order valence-corrected chi connectivity index (χ2v) is 7.40. The topological polar surface area (TPSA) is 74.1 Å². The van der Waals surface area contributed by atoms with E-state index in [-0.39, 0.29) is 5.03 Å². The van der Waals surface area contributed by atoms with Crippen molar-refractivity contribution in [2.24, 2.45) is 0 Å². The molecule has 1 saturated heterocycles. The molecule has 0 N–H and O–H groups in total. The molecule has 2 heterocycles. The summed E-state index contributed by atoms with van der Waals surface area (Å²) < 4.78 is 26.9. The molecule has 0 atom stereocenters. The van der Waals surface area contributed by atoms with Crippen LogP contribution >= 0.6 is 0 Å². The number of piperidine rings is 1. The molecule has 0 aliphatic carbocycles. The molecule has 1 aromatic heterocycles. The Morgan fingerprint density at radius 2 is 1.70 bits per heavy atom. The van der Waals surface area contributed by atoms with Crippen molar-refractivity contribution in [1.29, 1.82) is 5.26 Å². The van der Waals surface area contributed by atoms with Crippen molar-refractivity contribution in [3.63, 3.8) is 0 Å². The zero-order valence-electron chi connectivity index (χ0n) is 12.6. The van der Waals surface area contributed by atoms with E-state index in [9.17, 15) is 8.42 Å². The molecule has 1 aromatic carbocycles. The van der Waals surface area contributed by atoms with Crippen LogP contribution in [0.2, 0.25) is 0 Å². The first-order chi connectivity index (χ1) is 11.1. The highest BCUT2D eigenvalue weighted by Crippen LogP contribution is 2.23. The minimum atomic E-state index is -3.54. The van der Waals surface area contributed by atoms with Crippen LogP contribution in [0.1, 0.15) is 24.8 Å². The highest BCUT2D eigenvalue weighted by atomic mass is 32.2. The smallest absolute Gasteiger partial charge is 0.235 e. The van der Waals surface area contributed by atoms with E-state index in [1.165, 1.54) is 10.4 Å². The van der Waals surface area contributed by atoms with Gasteiger partial charge < -0.3 is 0 Å². The minimum absolute atomic E-state index is 0.0845. The van der Waals surface area contributed by atoms with Crippen LogP contribution in [0.5, 0.6) is 0 Å². The Morgan fingerprint density at radius 3 is 2.35 bits per heavy atom. The van der Waals surface area contributed by atoms with Crippen LogP contribution in [0.3, 0.4) is 0 Å². The molecule has 1 aliphatic heterocycles. The summed E-state index contributed by atoms with van der Waals surface area (Å²) in [5, 5.41) is 8.93. The van der Waals surface area contributed by atoms with Gasteiger partial charge >= 0.3 is 0 Å². The number of rotatable bonds is 3. The predicted octanol–water partition coefficient (Wildman–Crippen LogP) is 2.79. The summed E-state index contributed by atoms with van der Waals surface area (Å²) in [5.41, 5.74) is 1.94. The van der Waals surface area contributed by atoms with Crippen molar-refractivity contribution < 1.29 is 8.42 Å². The zero-order chi connectivity index (χ0) is 16.3. The maximum absolute atomic E-state index is 12.7. The van der Waals surface area contributed by atoms with Gasteiger partial charge in [-0.15, -0.1) is 0 Å². The van der Waals surface area contributed by atoms with E-state index in [1.807, 2.05) is 0 Å². The van der Waals surface area contributed by atoms with Gasteiger partial charge in [0.05, 0.1) is 17.3 Å². The molecule has 0 radical (unpaired) electrons. The molecule has 0 unspecified atom stereocenters. The van der Waals surface area contributed by atoms with E-state index in [2.05, 4.69) is 11.1 Å². The number of nitrogens with zero attached hydrogens (tertiary/aromatic N) is 3. The molecule has 0 amide bonds. The monoisotopic (exact) mass is 327 g/mol. The van der Waals surface area contributed by atoms with Crippen molar-refractivity contribution >= 4 is 10.0 Å². The van der Waals surface area contributed by atoms with Crippen molar-refractivity contribution in [2.45, 2.75) is 24.3 Å². The summed E-state index contributed by atoms with van der Waals surface area (Å²) in [4.78, 5) is 4.33. The van der Waals surface area contributed by atoms with E-state index in [0.717, 1.165) is 24.8 Å². The molecule has 0 bridgehead atoms. The summed E-state index contributed by atoms with van der Waals surface area (Å²) in [5.74, 6) is 0. The molecular formula is C17H17N3O2S. The van der Waals surface area contributed by atoms with Crippen LogP contribution in [0.15, 0.2) is 47.5 Å². The lowest BCUT2D eigenvalue weighted by molar-refractivity contribution is 0.345. The maximum Gasteiger partial charge on any atom is 0.260 e. The molecule has 1 fully saturated rings. The number of benzene rings is 1.